The van der Waals surface area contributed by atoms with E-state index >= 15 is 0 Å². The summed E-state index contributed by atoms with van der Waals surface area (Å²) in [7, 11) is 0. The van der Waals surface area contributed by atoms with E-state index in [1.165, 1.54) is 0 Å². The Morgan fingerprint density at radius 2 is 1.86 bits per heavy atom. The molecular formula is C17H20N2O3. The molecule has 5 heteroatoms. The Morgan fingerprint density at radius 1 is 1.18 bits per heavy atom. The van der Waals surface area contributed by atoms with Gasteiger partial charge in [-0.3, -0.25) is 4.79 Å². The number of ether oxygens (including phenoxy) is 1. The molecule has 2 N–H and O–H groups in total. The van der Waals surface area contributed by atoms with E-state index in [-0.39, 0.29) is 22.6 Å². The molecule has 1 aromatic carbocycles. The van der Waals surface area contributed by atoms with E-state index in [1.807, 2.05) is 30.3 Å². The van der Waals surface area contributed by atoms with Crippen molar-refractivity contribution in [3.63, 3.8) is 0 Å². The van der Waals surface area contributed by atoms with E-state index in [2.05, 4.69) is 10.6 Å². The summed E-state index contributed by atoms with van der Waals surface area (Å²) < 4.78 is 5.28. The number of rotatable bonds is 6. The molecular weight excluding hydrogens is 280 g/mol. The highest BCUT2D eigenvalue weighted by Crippen LogP contribution is 2.76. The van der Waals surface area contributed by atoms with Gasteiger partial charge in [0.1, 0.15) is 6.61 Å². The number of carbonyl (C=O) groups excluding carboxylic acids is 2. The van der Waals surface area contributed by atoms with Gasteiger partial charge in [0, 0.05) is 16.5 Å². The Morgan fingerprint density at radius 3 is 2.45 bits per heavy atom. The Kier molecular flexibility index (Phi) is 2.77. The van der Waals surface area contributed by atoms with Gasteiger partial charge in [0.2, 0.25) is 6.41 Å². The molecule has 0 atom stereocenters. The molecule has 4 fully saturated rings. The molecule has 1 aromatic rings. The largest absolute Gasteiger partial charge is 0.445 e. The summed E-state index contributed by atoms with van der Waals surface area (Å²) >= 11 is 0. The molecule has 0 aromatic heterocycles. The van der Waals surface area contributed by atoms with Crippen LogP contribution in [0.1, 0.15) is 37.7 Å². The summed E-state index contributed by atoms with van der Waals surface area (Å²) in [6.45, 7) is 0.296. The van der Waals surface area contributed by atoms with Gasteiger partial charge in [0.15, 0.2) is 0 Å². The van der Waals surface area contributed by atoms with Crippen molar-refractivity contribution in [3.05, 3.63) is 35.9 Å². The monoisotopic (exact) mass is 300 g/mol. The summed E-state index contributed by atoms with van der Waals surface area (Å²) in [6.07, 6.45) is 5.50. The fourth-order valence-corrected chi connectivity index (χ4v) is 4.47. The van der Waals surface area contributed by atoms with Crippen LogP contribution in [0, 0.1) is 5.41 Å². The van der Waals surface area contributed by atoms with Gasteiger partial charge in [-0.25, -0.2) is 4.79 Å². The molecule has 4 aliphatic rings. The molecule has 0 heterocycles. The summed E-state index contributed by atoms with van der Waals surface area (Å²) in [4.78, 5) is 22.7. The van der Waals surface area contributed by atoms with Crippen LogP contribution in [-0.2, 0) is 16.1 Å². The zero-order valence-electron chi connectivity index (χ0n) is 12.4. The van der Waals surface area contributed by atoms with Crippen LogP contribution in [0.4, 0.5) is 4.79 Å². The average Bonchev–Trinajstić information content (AvgIpc) is 3.21. The van der Waals surface area contributed by atoms with Gasteiger partial charge >= 0.3 is 6.09 Å². The maximum absolute atomic E-state index is 11.9. The van der Waals surface area contributed by atoms with Crippen LogP contribution in [0.25, 0.3) is 0 Å². The van der Waals surface area contributed by atoms with E-state index in [0.717, 1.165) is 44.1 Å². The standard InChI is InChI=1S/C17H20N2O3/c20-12-18-17(6-7-17)15-9-16(10-15,11-15)19-14(21)22-8-13-4-2-1-3-5-13/h1-5,12H,6-11H2,(H,18,20)(H,19,21). The highest BCUT2D eigenvalue weighted by Gasteiger charge is 2.78. The third kappa shape index (κ3) is 1.91. The number of hydrogen-bond donors (Lipinski definition) is 2. The lowest BCUT2D eigenvalue weighted by atomic mass is 9.36. The van der Waals surface area contributed by atoms with E-state index in [0.29, 0.717) is 6.61 Å². The van der Waals surface area contributed by atoms with Gasteiger partial charge in [-0.1, -0.05) is 30.3 Å². The molecule has 0 saturated heterocycles. The maximum atomic E-state index is 11.9. The first-order valence-corrected chi connectivity index (χ1v) is 7.81. The van der Waals surface area contributed by atoms with Gasteiger partial charge in [0.25, 0.3) is 0 Å². The van der Waals surface area contributed by atoms with Gasteiger partial charge < -0.3 is 15.4 Å². The van der Waals surface area contributed by atoms with E-state index in [4.69, 9.17) is 4.74 Å². The molecule has 0 spiro atoms. The van der Waals surface area contributed by atoms with Crippen molar-refractivity contribution in [2.75, 3.05) is 0 Å². The van der Waals surface area contributed by atoms with Crippen molar-refractivity contribution in [2.24, 2.45) is 5.41 Å². The highest BCUT2D eigenvalue weighted by molar-refractivity contribution is 5.69. The molecule has 0 radical (unpaired) electrons. The minimum atomic E-state index is -0.342. The number of amides is 2. The van der Waals surface area contributed by atoms with Crippen molar-refractivity contribution in [1.82, 2.24) is 10.6 Å². The lowest BCUT2D eigenvalue weighted by molar-refractivity contribution is -0.180. The molecule has 5 rings (SSSR count). The van der Waals surface area contributed by atoms with Gasteiger partial charge in [0.05, 0.1) is 0 Å². The predicted molar refractivity (Wildman–Crippen MR) is 79.9 cm³/mol. The lowest BCUT2D eigenvalue weighted by Crippen LogP contribution is -2.80. The normalized spacial score (nSPS) is 32.9. The van der Waals surface area contributed by atoms with E-state index in [1.54, 1.807) is 0 Å². The summed E-state index contributed by atoms with van der Waals surface area (Å²) in [6, 6.07) is 9.66. The predicted octanol–water partition coefficient (Wildman–Crippen LogP) is 2.11. The van der Waals surface area contributed by atoms with Crippen molar-refractivity contribution >= 4 is 12.5 Å². The topological polar surface area (TPSA) is 67.4 Å². The third-order valence-electron chi connectivity index (χ3n) is 5.71. The van der Waals surface area contributed by atoms with Crippen LogP contribution in [0.5, 0.6) is 0 Å². The summed E-state index contributed by atoms with van der Waals surface area (Å²) in [5.74, 6) is 0. The minimum absolute atomic E-state index is 0.0200. The first-order chi connectivity index (χ1) is 10.6. The number of benzene rings is 1. The fraction of sp³-hybridized carbons (Fsp3) is 0.529. The SMILES string of the molecule is O=CNC1(C23CC(NC(=O)OCc4ccccc4)(C2)C3)CC1. The zero-order chi connectivity index (χ0) is 15.3. The molecule has 2 amide bonds. The Balaban J connectivity index is 1.27. The van der Waals surface area contributed by atoms with Crippen LogP contribution in [0.3, 0.4) is 0 Å². The fourth-order valence-electron chi connectivity index (χ4n) is 4.47. The Hall–Kier alpha value is -2.04. The second-order valence-corrected chi connectivity index (χ2v) is 7.12. The van der Waals surface area contributed by atoms with Crippen LogP contribution in [0.15, 0.2) is 30.3 Å². The Labute approximate surface area is 129 Å². The summed E-state index contributed by atoms with van der Waals surface area (Å²) in [5.41, 5.74) is 1.14. The second-order valence-electron chi connectivity index (χ2n) is 7.12. The number of alkyl carbamates (subject to hydrolysis) is 1. The Bertz CT molecular complexity index is 590. The highest BCUT2D eigenvalue weighted by atomic mass is 16.5. The first-order valence-electron chi connectivity index (χ1n) is 7.81. The molecule has 5 nitrogen and oxygen atoms in total. The van der Waals surface area contributed by atoms with Crippen LogP contribution in [-0.4, -0.2) is 23.6 Å². The number of carbonyl (C=O) groups is 2. The van der Waals surface area contributed by atoms with Crippen molar-refractivity contribution in [1.29, 1.82) is 0 Å². The second kappa shape index (κ2) is 4.48. The van der Waals surface area contributed by atoms with E-state index in [9.17, 15) is 9.59 Å². The van der Waals surface area contributed by atoms with Gasteiger partial charge in [-0.15, -0.1) is 0 Å². The van der Waals surface area contributed by atoms with Crippen LogP contribution in [0.2, 0.25) is 0 Å². The van der Waals surface area contributed by atoms with Gasteiger partial charge in [-0.05, 0) is 37.7 Å². The molecule has 4 aliphatic carbocycles. The molecule has 22 heavy (non-hydrogen) atoms. The van der Waals surface area contributed by atoms with Crippen molar-refractivity contribution in [2.45, 2.75) is 49.8 Å². The van der Waals surface area contributed by atoms with Crippen LogP contribution >= 0.6 is 0 Å². The molecule has 0 aliphatic heterocycles. The first kappa shape index (κ1) is 13.6. The van der Waals surface area contributed by atoms with Crippen molar-refractivity contribution in [3.8, 4) is 0 Å². The zero-order valence-corrected chi connectivity index (χ0v) is 12.4. The quantitative estimate of drug-likeness (QED) is 0.791. The lowest BCUT2D eigenvalue weighted by Gasteiger charge is -2.73. The maximum Gasteiger partial charge on any atom is 0.407 e. The van der Waals surface area contributed by atoms with Gasteiger partial charge in [-0.2, -0.15) is 0 Å². The van der Waals surface area contributed by atoms with Crippen molar-refractivity contribution < 1.29 is 14.3 Å². The average molecular weight is 300 g/mol. The number of hydrogen-bond acceptors (Lipinski definition) is 3. The molecule has 0 unspecified atom stereocenters. The third-order valence-corrected chi connectivity index (χ3v) is 5.71. The number of nitrogens with one attached hydrogen (secondary N) is 2. The smallest absolute Gasteiger partial charge is 0.407 e. The van der Waals surface area contributed by atoms with Crippen LogP contribution < -0.4 is 10.6 Å². The molecule has 2 bridgehead atoms. The molecule has 116 valence electrons. The van der Waals surface area contributed by atoms with E-state index < -0.39 is 0 Å². The molecule has 4 saturated carbocycles. The minimum Gasteiger partial charge on any atom is -0.445 e. The summed E-state index contributed by atoms with van der Waals surface area (Å²) in [5, 5.41) is 6.02.